The summed E-state index contributed by atoms with van der Waals surface area (Å²) in [6, 6.07) is 3.43. The largest absolute Gasteiger partial charge is 0.384 e. The monoisotopic (exact) mass is 233 g/mol. The second-order valence-corrected chi connectivity index (χ2v) is 4.43. The fourth-order valence-corrected chi connectivity index (χ4v) is 1.90. The van der Waals surface area contributed by atoms with Gasteiger partial charge in [-0.2, -0.15) is 0 Å². The van der Waals surface area contributed by atoms with Crippen LogP contribution in [0.15, 0.2) is 18.3 Å². The van der Waals surface area contributed by atoms with E-state index in [1.165, 1.54) is 4.90 Å². The lowest BCUT2D eigenvalue weighted by Crippen LogP contribution is -2.30. The standard InChI is InChI=1S/C12H15N3O2/c1-7-8(2)12(17)15(11(7)16)6-9-3-4-10(13)14-5-9/h3-5,7-8H,6H2,1-2H3,(H2,13,14). The third-order valence-electron chi connectivity index (χ3n) is 3.25. The minimum atomic E-state index is -0.232. The molecule has 2 unspecified atom stereocenters. The number of nitrogens with zero attached hydrogens (tertiary/aromatic N) is 2. The molecule has 0 radical (unpaired) electrons. The van der Waals surface area contributed by atoms with Crippen LogP contribution in [0, 0.1) is 11.8 Å². The molecule has 1 aromatic heterocycles. The number of anilines is 1. The van der Waals surface area contributed by atoms with Crippen LogP contribution in [0.25, 0.3) is 0 Å². The predicted molar refractivity (Wildman–Crippen MR) is 62.5 cm³/mol. The van der Waals surface area contributed by atoms with Crippen molar-refractivity contribution in [2.24, 2.45) is 11.8 Å². The van der Waals surface area contributed by atoms with Crippen LogP contribution >= 0.6 is 0 Å². The highest BCUT2D eigenvalue weighted by Gasteiger charge is 2.41. The number of nitrogen functional groups attached to an aromatic ring is 1. The van der Waals surface area contributed by atoms with Crippen molar-refractivity contribution in [1.29, 1.82) is 0 Å². The van der Waals surface area contributed by atoms with Gasteiger partial charge in [-0.3, -0.25) is 14.5 Å². The Labute approximate surface area is 99.6 Å². The molecule has 5 heteroatoms. The molecule has 2 rings (SSSR count). The average Bonchev–Trinajstić information content (AvgIpc) is 2.50. The van der Waals surface area contributed by atoms with E-state index >= 15 is 0 Å². The third-order valence-corrected chi connectivity index (χ3v) is 3.25. The number of pyridine rings is 1. The molecule has 0 aromatic carbocycles. The second kappa shape index (κ2) is 4.16. The molecule has 17 heavy (non-hydrogen) atoms. The Morgan fingerprint density at radius 1 is 1.24 bits per heavy atom. The minimum Gasteiger partial charge on any atom is -0.384 e. The number of rotatable bonds is 2. The van der Waals surface area contributed by atoms with Crippen molar-refractivity contribution in [2.75, 3.05) is 5.73 Å². The Morgan fingerprint density at radius 2 is 1.82 bits per heavy atom. The molecule has 2 heterocycles. The number of nitrogens with two attached hydrogens (primary N) is 1. The number of hydrogen-bond acceptors (Lipinski definition) is 4. The Morgan fingerprint density at radius 3 is 2.29 bits per heavy atom. The molecule has 0 spiro atoms. The van der Waals surface area contributed by atoms with Gasteiger partial charge >= 0.3 is 0 Å². The molecule has 2 atom stereocenters. The minimum absolute atomic E-state index is 0.112. The fourth-order valence-electron chi connectivity index (χ4n) is 1.90. The van der Waals surface area contributed by atoms with Gasteiger partial charge in [0.05, 0.1) is 6.54 Å². The number of carbonyl (C=O) groups excluding carboxylic acids is 2. The number of hydrogen-bond donors (Lipinski definition) is 1. The maximum atomic E-state index is 11.9. The maximum Gasteiger partial charge on any atom is 0.233 e. The van der Waals surface area contributed by atoms with E-state index in [4.69, 9.17) is 5.73 Å². The van der Waals surface area contributed by atoms with Crippen LogP contribution in [-0.4, -0.2) is 21.7 Å². The van der Waals surface area contributed by atoms with E-state index in [0.717, 1.165) is 5.56 Å². The highest BCUT2D eigenvalue weighted by atomic mass is 16.2. The molecule has 5 nitrogen and oxygen atoms in total. The molecule has 1 aliphatic rings. The van der Waals surface area contributed by atoms with E-state index < -0.39 is 0 Å². The van der Waals surface area contributed by atoms with Crippen LogP contribution in [0.2, 0.25) is 0 Å². The summed E-state index contributed by atoms with van der Waals surface area (Å²) >= 11 is 0. The van der Waals surface area contributed by atoms with Crippen molar-refractivity contribution in [1.82, 2.24) is 9.88 Å². The quantitative estimate of drug-likeness (QED) is 0.767. The fraction of sp³-hybridized carbons (Fsp3) is 0.417. The van der Waals surface area contributed by atoms with Gasteiger partial charge in [0.25, 0.3) is 0 Å². The summed E-state index contributed by atoms with van der Waals surface area (Å²) in [7, 11) is 0. The van der Waals surface area contributed by atoms with E-state index in [0.29, 0.717) is 5.82 Å². The zero-order valence-electron chi connectivity index (χ0n) is 9.88. The smallest absolute Gasteiger partial charge is 0.233 e. The number of imide groups is 1. The lowest BCUT2D eigenvalue weighted by atomic mass is 10.00. The van der Waals surface area contributed by atoms with Gasteiger partial charge in [0, 0.05) is 18.0 Å². The molecule has 90 valence electrons. The molecule has 0 saturated carbocycles. The van der Waals surface area contributed by atoms with Gasteiger partial charge in [0.1, 0.15) is 5.82 Å². The molecule has 1 saturated heterocycles. The summed E-state index contributed by atoms with van der Waals surface area (Å²) in [5.74, 6) is -0.262. The van der Waals surface area contributed by atoms with Gasteiger partial charge in [-0.15, -0.1) is 0 Å². The first-order chi connectivity index (χ1) is 8.00. The Bertz CT molecular complexity index is 435. The molecular weight excluding hydrogens is 218 g/mol. The van der Waals surface area contributed by atoms with Gasteiger partial charge in [-0.25, -0.2) is 4.98 Å². The van der Waals surface area contributed by atoms with Gasteiger partial charge < -0.3 is 5.73 Å². The first-order valence-electron chi connectivity index (χ1n) is 5.56. The van der Waals surface area contributed by atoms with E-state index in [1.54, 1.807) is 32.2 Å². The summed E-state index contributed by atoms with van der Waals surface area (Å²) < 4.78 is 0. The van der Waals surface area contributed by atoms with Crippen molar-refractivity contribution >= 4 is 17.6 Å². The number of likely N-dealkylation sites (tertiary alicyclic amines) is 1. The Hall–Kier alpha value is -1.91. The summed E-state index contributed by atoms with van der Waals surface area (Å²) in [5, 5.41) is 0. The lowest BCUT2D eigenvalue weighted by molar-refractivity contribution is -0.140. The highest BCUT2D eigenvalue weighted by molar-refractivity contribution is 6.04. The van der Waals surface area contributed by atoms with Gasteiger partial charge in [-0.1, -0.05) is 19.9 Å². The molecule has 0 aliphatic carbocycles. The Kier molecular flexibility index (Phi) is 2.83. The average molecular weight is 233 g/mol. The van der Waals surface area contributed by atoms with E-state index in [1.807, 2.05) is 0 Å². The van der Waals surface area contributed by atoms with Crippen molar-refractivity contribution in [3.63, 3.8) is 0 Å². The third kappa shape index (κ3) is 2.00. The summed E-state index contributed by atoms with van der Waals surface area (Å²) in [5.41, 5.74) is 6.28. The second-order valence-electron chi connectivity index (χ2n) is 4.43. The zero-order chi connectivity index (χ0) is 12.6. The first-order valence-corrected chi connectivity index (χ1v) is 5.56. The van der Waals surface area contributed by atoms with Crippen LogP contribution < -0.4 is 5.73 Å². The van der Waals surface area contributed by atoms with Crippen molar-refractivity contribution in [3.8, 4) is 0 Å². The number of aromatic nitrogens is 1. The maximum absolute atomic E-state index is 11.9. The van der Waals surface area contributed by atoms with Crippen LogP contribution in [0.1, 0.15) is 19.4 Å². The molecule has 0 bridgehead atoms. The molecule has 2 amide bonds. The predicted octanol–water partition coefficient (Wildman–Crippen LogP) is 0.805. The van der Waals surface area contributed by atoms with Crippen LogP contribution in [0.3, 0.4) is 0 Å². The summed E-state index contributed by atoms with van der Waals surface area (Å²) in [6.45, 7) is 3.85. The lowest BCUT2D eigenvalue weighted by Gasteiger charge is -2.14. The summed E-state index contributed by atoms with van der Waals surface area (Å²) in [6.07, 6.45) is 1.59. The van der Waals surface area contributed by atoms with Crippen LogP contribution in [-0.2, 0) is 16.1 Å². The van der Waals surface area contributed by atoms with Crippen LogP contribution in [0.4, 0.5) is 5.82 Å². The molecule has 2 N–H and O–H groups in total. The highest BCUT2D eigenvalue weighted by Crippen LogP contribution is 2.26. The van der Waals surface area contributed by atoms with E-state index in [9.17, 15) is 9.59 Å². The van der Waals surface area contributed by atoms with Gasteiger partial charge in [-0.05, 0) is 11.6 Å². The topological polar surface area (TPSA) is 76.3 Å². The van der Waals surface area contributed by atoms with Crippen LogP contribution in [0.5, 0.6) is 0 Å². The van der Waals surface area contributed by atoms with Crippen molar-refractivity contribution in [3.05, 3.63) is 23.9 Å². The molecule has 1 fully saturated rings. The molecule has 1 aliphatic heterocycles. The van der Waals surface area contributed by atoms with Crippen molar-refractivity contribution in [2.45, 2.75) is 20.4 Å². The number of carbonyl (C=O) groups is 2. The molecular formula is C12H15N3O2. The first kappa shape index (κ1) is 11.6. The summed E-state index contributed by atoms with van der Waals surface area (Å²) in [4.78, 5) is 28.9. The van der Waals surface area contributed by atoms with E-state index in [-0.39, 0.29) is 30.2 Å². The van der Waals surface area contributed by atoms with Gasteiger partial charge in [0.2, 0.25) is 11.8 Å². The van der Waals surface area contributed by atoms with E-state index in [2.05, 4.69) is 4.98 Å². The Balaban J connectivity index is 2.17. The normalized spacial score (nSPS) is 24.5. The SMILES string of the molecule is CC1C(=O)N(Cc2ccc(N)nc2)C(=O)C1C. The number of amides is 2. The van der Waals surface area contributed by atoms with Gasteiger partial charge in [0.15, 0.2) is 0 Å². The zero-order valence-corrected chi connectivity index (χ0v) is 9.88. The molecule has 1 aromatic rings. The van der Waals surface area contributed by atoms with Crippen molar-refractivity contribution < 1.29 is 9.59 Å².